The van der Waals surface area contributed by atoms with Crippen molar-refractivity contribution in [2.45, 2.75) is 99.1 Å². The first-order valence-corrected chi connectivity index (χ1v) is 14.1. The van der Waals surface area contributed by atoms with Gasteiger partial charge in [-0.25, -0.2) is 0 Å². The van der Waals surface area contributed by atoms with Gasteiger partial charge >= 0.3 is 29.8 Å². The Kier molecular flexibility index (Phi) is 7.92. The molecule has 4 aliphatic rings. The molecule has 1 spiro atoms. The zero-order chi connectivity index (χ0) is 31.5. The van der Waals surface area contributed by atoms with Crippen molar-refractivity contribution < 1.29 is 57.2 Å². The van der Waals surface area contributed by atoms with Crippen LogP contribution in [-0.2, 0) is 57.2 Å². The van der Waals surface area contributed by atoms with Crippen LogP contribution in [0.15, 0.2) is 11.1 Å². The van der Waals surface area contributed by atoms with Crippen molar-refractivity contribution in [1.82, 2.24) is 0 Å². The van der Waals surface area contributed by atoms with Crippen LogP contribution in [0.1, 0.15) is 74.7 Å². The summed E-state index contributed by atoms with van der Waals surface area (Å²) >= 11 is 0. The minimum Gasteiger partial charge on any atom is -0.465 e. The largest absolute Gasteiger partial charge is 0.465 e. The normalized spacial score (nSPS) is 38.6. The highest BCUT2D eigenvalue weighted by Crippen LogP contribution is 2.67. The van der Waals surface area contributed by atoms with E-state index in [2.05, 4.69) is 0 Å². The highest BCUT2D eigenvalue weighted by Gasteiger charge is 2.75. The third-order valence-electron chi connectivity index (χ3n) is 9.57. The van der Waals surface area contributed by atoms with Crippen LogP contribution in [0.5, 0.6) is 0 Å². The second-order valence-electron chi connectivity index (χ2n) is 12.5. The minimum atomic E-state index is -1.49. The van der Waals surface area contributed by atoms with Crippen LogP contribution in [-0.4, -0.2) is 72.4 Å². The van der Waals surface area contributed by atoms with Gasteiger partial charge in [-0.15, -0.1) is 0 Å². The van der Waals surface area contributed by atoms with E-state index in [-0.39, 0.29) is 42.9 Å². The van der Waals surface area contributed by atoms with Gasteiger partial charge in [0, 0.05) is 62.5 Å². The zero-order valence-electron chi connectivity index (χ0n) is 25.2. The molecule has 0 bridgehead atoms. The van der Waals surface area contributed by atoms with E-state index in [9.17, 15) is 33.6 Å². The second kappa shape index (κ2) is 10.6. The predicted octanol–water partition coefficient (Wildman–Crippen LogP) is 2.19. The number of carbonyl (C=O) groups excluding carboxylic acids is 7. The fourth-order valence-corrected chi connectivity index (χ4v) is 7.96. The molecular formula is C30H38O12. The van der Waals surface area contributed by atoms with Crippen LogP contribution in [0, 0.1) is 28.1 Å². The number of Topliss-reactive ketones (excluding diaryl/α,β-unsaturated/α-hetero) is 2. The fourth-order valence-electron chi connectivity index (χ4n) is 7.96. The summed E-state index contributed by atoms with van der Waals surface area (Å²) in [6.07, 6.45) is -4.40. The van der Waals surface area contributed by atoms with Gasteiger partial charge in [0.05, 0.1) is 5.41 Å². The molecule has 4 aliphatic carbocycles. The Morgan fingerprint density at radius 1 is 0.810 bits per heavy atom. The van der Waals surface area contributed by atoms with Gasteiger partial charge in [0.25, 0.3) is 0 Å². The molecule has 0 aromatic heterocycles. The van der Waals surface area contributed by atoms with E-state index < -0.39 is 88.0 Å². The van der Waals surface area contributed by atoms with Crippen molar-refractivity contribution in [3.8, 4) is 0 Å². The summed E-state index contributed by atoms with van der Waals surface area (Å²) < 4.78 is 28.3. The van der Waals surface area contributed by atoms with Gasteiger partial charge in [-0.1, -0.05) is 20.8 Å². The van der Waals surface area contributed by atoms with Crippen molar-refractivity contribution in [3.05, 3.63) is 11.1 Å². The van der Waals surface area contributed by atoms with Gasteiger partial charge in [0.1, 0.15) is 18.8 Å². The first-order chi connectivity index (χ1) is 19.4. The number of esters is 5. The van der Waals surface area contributed by atoms with Gasteiger partial charge in [0.2, 0.25) is 5.78 Å². The summed E-state index contributed by atoms with van der Waals surface area (Å²) in [5.41, 5.74) is -3.92. The maximum atomic E-state index is 14.5. The third-order valence-corrected chi connectivity index (χ3v) is 9.57. The van der Waals surface area contributed by atoms with E-state index in [1.165, 1.54) is 13.8 Å². The molecule has 2 fully saturated rings. The topological polar surface area (TPSA) is 166 Å². The van der Waals surface area contributed by atoms with Crippen LogP contribution in [0.4, 0.5) is 0 Å². The fraction of sp³-hybridized carbons (Fsp3) is 0.700. The minimum absolute atomic E-state index is 0.0263. The summed E-state index contributed by atoms with van der Waals surface area (Å²) in [5.74, 6) is -5.83. The molecule has 0 saturated heterocycles. The monoisotopic (exact) mass is 590 g/mol. The second-order valence-corrected chi connectivity index (χ2v) is 12.5. The first kappa shape index (κ1) is 31.4. The van der Waals surface area contributed by atoms with Gasteiger partial charge < -0.3 is 23.7 Å². The zero-order valence-corrected chi connectivity index (χ0v) is 25.2. The van der Waals surface area contributed by atoms with E-state index in [1.54, 1.807) is 20.8 Å². The van der Waals surface area contributed by atoms with E-state index >= 15 is 0 Å². The van der Waals surface area contributed by atoms with Gasteiger partial charge in [-0.2, -0.15) is 0 Å². The molecule has 4 rings (SSSR count). The number of carbonyl (C=O) groups is 7. The predicted molar refractivity (Wildman–Crippen MR) is 141 cm³/mol. The highest BCUT2D eigenvalue weighted by atomic mass is 16.6. The van der Waals surface area contributed by atoms with Crippen LogP contribution >= 0.6 is 0 Å². The molecule has 0 heterocycles. The molecule has 0 aromatic rings. The SMILES string of the molecule is CC(=O)OC[C@@]1(C)C2[C@H](OC(C)=O)[C@@H](OC(C)=O)C3=C(C(=O)[C@H](OC(C)=O)[C@@]4(C[C@@H]4C)C3=O)[C@@]2(C)CC[C@H]1OC(C)=O. The van der Waals surface area contributed by atoms with Crippen molar-refractivity contribution >= 4 is 41.4 Å². The summed E-state index contributed by atoms with van der Waals surface area (Å²) in [5, 5.41) is 0. The van der Waals surface area contributed by atoms with Crippen molar-refractivity contribution in [3.63, 3.8) is 0 Å². The Hall–Kier alpha value is -3.57. The molecule has 2 saturated carbocycles. The Bertz CT molecular complexity index is 1300. The van der Waals surface area contributed by atoms with Crippen LogP contribution in [0.2, 0.25) is 0 Å². The van der Waals surface area contributed by atoms with E-state index in [0.717, 1.165) is 20.8 Å². The number of ether oxygens (including phenoxy) is 5. The molecule has 12 nitrogen and oxygen atoms in total. The maximum absolute atomic E-state index is 14.5. The lowest BCUT2D eigenvalue weighted by Gasteiger charge is -2.61. The number of hydrogen-bond donors (Lipinski definition) is 0. The number of fused-ring (bicyclic) bond motifs is 2. The summed E-state index contributed by atoms with van der Waals surface area (Å²) in [4.78, 5) is 90.4. The molecule has 230 valence electrons. The number of ketones is 2. The molecule has 12 heteroatoms. The molecule has 0 aliphatic heterocycles. The molecule has 42 heavy (non-hydrogen) atoms. The summed E-state index contributed by atoms with van der Waals surface area (Å²) in [7, 11) is 0. The summed E-state index contributed by atoms with van der Waals surface area (Å²) in [6, 6.07) is 0. The van der Waals surface area contributed by atoms with Crippen molar-refractivity contribution in [2.75, 3.05) is 6.61 Å². The maximum Gasteiger partial charge on any atom is 0.303 e. The Morgan fingerprint density at radius 2 is 1.36 bits per heavy atom. The standard InChI is InChI=1S/C30H38O12/c1-13-11-30(13)26(37)20-21(22(36)27(30)42-18(6)35)28(7)10-9-19(39-15(3)32)29(8,12-38-14(2)31)25(28)24(41-17(5)34)23(20)40-16(4)33/h13,19,23-25,27H,9-12H2,1-8H3/t13-,19+,23-,24+,25?,27-,28+,29+,30+/m0/s1. The lowest BCUT2D eigenvalue weighted by molar-refractivity contribution is -0.218. The molecular weight excluding hydrogens is 552 g/mol. The van der Waals surface area contributed by atoms with E-state index in [1.807, 2.05) is 0 Å². The molecule has 0 radical (unpaired) electrons. The number of hydrogen-bond acceptors (Lipinski definition) is 12. The molecule has 0 amide bonds. The molecule has 1 unspecified atom stereocenters. The number of rotatable bonds is 6. The average Bonchev–Trinajstić information content (AvgIpc) is 3.53. The van der Waals surface area contributed by atoms with E-state index in [4.69, 9.17) is 23.7 Å². The van der Waals surface area contributed by atoms with Gasteiger partial charge in [-0.05, 0) is 25.2 Å². The third kappa shape index (κ3) is 4.82. The van der Waals surface area contributed by atoms with Crippen molar-refractivity contribution in [2.24, 2.45) is 28.1 Å². The Morgan fingerprint density at radius 3 is 1.83 bits per heavy atom. The molecule has 9 atom stereocenters. The summed E-state index contributed by atoms with van der Waals surface area (Å²) in [6.45, 7) is 10.8. The average molecular weight is 591 g/mol. The van der Waals surface area contributed by atoms with Crippen molar-refractivity contribution in [1.29, 1.82) is 0 Å². The van der Waals surface area contributed by atoms with Crippen LogP contribution in [0.3, 0.4) is 0 Å². The Balaban J connectivity index is 2.04. The van der Waals surface area contributed by atoms with Crippen LogP contribution < -0.4 is 0 Å². The lowest BCUT2D eigenvalue weighted by atomic mass is 9.45. The quantitative estimate of drug-likeness (QED) is 0.327. The van der Waals surface area contributed by atoms with Crippen LogP contribution in [0.25, 0.3) is 0 Å². The molecule has 0 aromatic carbocycles. The Labute approximate surface area is 243 Å². The molecule has 0 N–H and O–H groups in total. The van der Waals surface area contributed by atoms with E-state index in [0.29, 0.717) is 0 Å². The first-order valence-electron chi connectivity index (χ1n) is 14.1. The van der Waals surface area contributed by atoms with Gasteiger partial charge in [0.15, 0.2) is 18.0 Å². The smallest absolute Gasteiger partial charge is 0.303 e. The van der Waals surface area contributed by atoms with Gasteiger partial charge in [-0.3, -0.25) is 33.6 Å². The lowest BCUT2D eigenvalue weighted by Crippen LogP contribution is -2.68. The highest BCUT2D eigenvalue weighted by molar-refractivity contribution is 6.20.